The van der Waals surface area contributed by atoms with Gasteiger partial charge in [0.05, 0.1) is 5.56 Å². The first kappa shape index (κ1) is 14.1. The molecule has 20 heavy (non-hydrogen) atoms. The lowest BCUT2D eigenvalue weighted by Crippen LogP contribution is -2.48. The van der Waals surface area contributed by atoms with Crippen LogP contribution in [-0.2, 0) is 4.79 Å². The molecule has 1 aliphatic rings. The molecule has 1 fully saturated rings. The van der Waals surface area contributed by atoms with E-state index >= 15 is 0 Å². The number of rotatable bonds is 2. The van der Waals surface area contributed by atoms with Crippen LogP contribution in [0.2, 0.25) is 0 Å². The summed E-state index contributed by atoms with van der Waals surface area (Å²) in [6.07, 6.45) is 8.80. The summed E-state index contributed by atoms with van der Waals surface area (Å²) in [7, 11) is 0. The highest BCUT2D eigenvalue weighted by Gasteiger charge is 2.32. The van der Waals surface area contributed by atoms with E-state index in [0.29, 0.717) is 13.0 Å². The van der Waals surface area contributed by atoms with Gasteiger partial charge in [0.1, 0.15) is 11.9 Å². The SMILES string of the molecule is [C]#Cc1ccc(C(=O)N2CCCCC2C(=O)O)cc1F. The number of amides is 1. The van der Waals surface area contributed by atoms with Crippen molar-refractivity contribution in [3.05, 3.63) is 41.6 Å². The smallest absolute Gasteiger partial charge is 0.326 e. The minimum absolute atomic E-state index is 0.0324. The Bertz CT molecular complexity index is 591. The molecule has 1 radical (unpaired) electrons. The molecule has 103 valence electrons. The van der Waals surface area contributed by atoms with Crippen molar-refractivity contribution >= 4 is 11.9 Å². The van der Waals surface area contributed by atoms with E-state index in [-0.39, 0.29) is 11.1 Å². The van der Waals surface area contributed by atoms with Crippen molar-refractivity contribution in [3.63, 3.8) is 0 Å². The number of halogens is 1. The molecular weight excluding hydrogens is 261 g/mol. The summed E-state index contributed by atoms with van der Waals surface area (Å²) >= 11 is 0. The summed E-state index contributed by atoms with van der Waals surface area (Å²) < 4.78 is 13.6. The topological polar surface area (TPSA) is 57.6 Å². The van der Waals surface area contributed by atoms with Gasteiger partial charge in [-0.25, -0.2) is 9.18 Å². The van der Waals surface area contributed by atoms with Gasteiger partial charge in [0.15, 0.2) is 0 Å². The Kier molecular flexibility index (Phi) is 4.04. The van der Waals surface area contributed by atoms with Crippen LogP contribution in [0.25, 0.3) is 0 Å². The van der Waals surface area contributed by atoms with Crippen LogP contribution in [0.1, 0.15) is 35.2 Å². The number of hydrogen-bond acceptors (Lipinski definition) is 2. The van der Waals surface area contributed by atoms with Gasteiger partial charge < -0.3 is 10.0 Å². The fourth-order valence-electron chi connectivity index (χ4n) is 2.35. The largest absolute Gasteiger partial charge is 0.480 e. The summed E-state index contributed by atoms with van der Waals surface area (Å²) in [5.41, 5.74) is 0.0598. The molecule has 1 aromatic carbocycles. The van der Waals surface area contributed by atoms with Crippen LogP contribution in [0, 0.1) is 18.2 Å². The van der Waals surface area contributed by atoms with Gasteiger partial charge in [-0.05, 0) is 49.8 Å². The number of benzene rings is 1. The number of carboxylic acid groups (broad SMARTS) is 1. The third-order valence-corrected chi connectivity index (χ3v) is 3.40. The number of hydrogen-bond donors (Lipinski definition) is 1. The van der Waals surface area contributed by atoms with Gasteiger partial charge in [-0.2, -0.15) is 0 Å². The van der Waals surface area contributed by atoms with E-state index in [0.717, 1.165) is 18.9 Å². The van der Waals surface area contributed by atoms with Gasteiger partial charge in [-0.15, -0.1) is 0 Å². The molecule has 0 bridgehead atoms. The van der Waals surface area contributed by atoms with Crippen molar-refractivity contribution in [1.82, 2.24) is 4.90 Å². The Balaban J connectivity index is 2.28. The van der Waals surface area contributed by atoms with Crippen molar-refractivity contribution in [2.24, 2.45) is 0 Å². The highest BCUT2D eigenvalue weighted by molar-refractivity contribution is 5.96. The van der Waals surface area contributed by atoms with E-state index < -0.39 is 23.7 Å². The maximum absolute atomic E-state index is 13.6. The lowest BCUT2D eigenvalue weighted by molar-refractivity contribution is -0.143. The standard InChI is InChI=1S/C15H13FNO3/c1-2-10-6-7-11(9-12(10)16)14(18)17-8-4-3-5-13(17)15(19)20/h6-7,9,13H,3-5,8H2,(H,19,20). The quantitative estimate of drug-likeness (QED) is 0.837. The molecule has 1 heterocycles. The molecule has 0 aliphatic carbocycles. The van der Waals surface area contributed by atoms with Gasteiger partial charge in [0.25, 0.3) is 5.91 Å². The van der Waals surface area contributed by atoms with E-state index in [1.807, 2.05) is 5.92 Å². The summed E-state index contributed by atoms with van der Waals surface area (Å²) in [6, 6.07) is 2.84. The number of piperidine rings is 1. The normalized spacial score (nSPS) is 18.4. The van der Waals surface area contributed by atoms with Crippen LogP contribution in [-0.4, -0.2) is 34.5 Å². The zero-order valence-electron chi connectivity index (χ0n) is 10.7. The Morgan fingerprint density at radius 3 is 2.75 bits per heavy atom. The Hall–Kier alpha value is -2.35. The molecule has 1 unspecified atom stereocenters. The van der Waals surface area contributed by atoms with Gasteiger partial charge in [-0.3, -0.25) is 4.79 Å². The molecule has 0 aromatic heterocycles. The highest BCUT2D eigenvalue weighted by Crippen LogP contribution is 2.21. The molecule has 1 aliphatic heterocycles. The van der Waals surface area contributed by atoms with Crippen molar-refractivity contribution in [2.75, 3.05) is 6.54 Å². The van der Waals surface area contributed by atoms with E-state index in [1.54, 1.807) is 0 Å². The zero-order chi connectivity index (χ0) is 14.7. The molecule has 4 nitrogen and oxygen atoms in total. The summed E-state index contributed by atoms with van der Waals surface area (Å²) in [5.74, 6) is -0.321. The monoisotopic (exact) mass is 274 g/mol. The van der Waals surface area contributed by atoms with Crippen LogP contribution in [0.5, 0.6) is 0 Å². The molecule has 2 rings (SSSR count). The third-order valence-electron chi connectivity index (χ3n) is 3.40. The summed E-state index contributed by atoms with van der Waals surface area (Å²) in [4.78, 5) is 24.7. The first-order valence-electron chi connectivity index (χ1n) is 6.30. The molecular formula is C15H13FNO3. The minimum Gasteiger partial charge on any atom is -0.480 e. The Morgan fingerprint density at radius 2 is 2.15 bits per heavy atom. The van der Waals surface area contributed by atoms with Crippen LogP contribution in [0.3, 0.4) is 0 Å². The second-order valence-corrected chi connectivity index (χ2v) is 4.67. The summed E-state index contributed by atoms with van der Waals surface area (Å²) in [6.45, 7) is 0.357. The predicted octanol–water partition coefficient (Wildman–Crippen LogP) is 1.84. The summed E-state index contributed by atoms with van der Waals surface area (Å²) in [5, 5.41) is 9.14. The predicted molar refractivity (Wildman–Crippen MR) is 68.9 cm³/mol. The van der Waals surface area contributed by atoms with Crippen LogP contribution in [0.4, 0.5) is 4.39 Å². The lowest BCUT2D eigenvalue weighted by Gasteiger charge is -2.33. The maximum atomic E-state index is 13.6. The number of carbonyl (C=O) groups excluding carboxylic acids is 1. The van der Waals surface area contributed by atoms with Crippen LogP contribution in [0.15, 0.2) is 18.2 Å². The van der Waals surface area contributed by atoms with Gasteiger partial charge >= 0.3 is 5.97 Å². The fraction of sp³-hybridized carbons (Fsp3) is 0.333. The molecule has 5 heteroatoms. The average molecular weight is 274 g/mol. The lowest BCUT2D eigenvalue weighted by atomic mass is 10.0. The van der Waals surface area contributed by atoms with Crippen molar-refractivity contribution in [3.8, 4) is 5.92 Å². The number of carbonyl (C=O) groups is 2. The molecule has 1 amide bonds. The van der Waals surface area contributed by atoms with Crippen molar-refractivity contribution in [1.29, 1.82) is 0 Å². The van der Waals surface area contributed by atoms with Gasteiger partial charge in [0.2, 0.25) is 0 Å². The highest BCUT2D eigenvalue weighted by atomic mass is 19.1. The number of aliphatic carboxylic acids is 1. The molecule has 1 aromatic rings. The van der Waals surface area contributed by atoms with Crippen LogP contribution >= 0.6 is 0 Å². The second-order valence-electron chi connectivity index (χ2n) is 4.67. The fourth-order valence-corrected chi connectivity index (χ4v) is 2.35. The molecule has 0 spiro atoms. The number of nitrogens with zero attached hydrogens (tertiary/aromatic N) is 1. The van der Waals surface area contributed by atoms with E-state index in [2.05, 4.69) is 0 Å². The molecule has 0 saturated carbocycles. The minimum atomic E-state index is -1.04. The van der Waals surface area contributed by atoms with E-state index in [4.69, 9.17) is 11.5 Å². The Labute approximate surface area is 116 Å². The molecule has 1 atom stereocenters. The zero-order valence-corrected chi connectivity index (χ0v) is 10.7. The van der Waals surface area contributed by atoms with Gasteiger partial charge in [0, 0.05) is 12.1 Å². The average Bonchev–Trinajstić information content (AvgIpc) is 2.46. The van der Waals surface area contributed by atoms with E-state index in [1.165, 1.54) is 17.0 Å². The number of carboxylic acids is 1. The van der Waals surface area contributed by atoms with E-state index in [9.17, 15) is 14.0 Å². The first-order valence-corrected chi connectivity index (χ1v) is 6.30. The Morgan fingerprint density at radius 1 is 1.40 bits per heavy atom. The third kappa shape index (κ3) is 2.64. The van der Waals surface area contributed by atoms with Gasteiger partial charge in [-0.1, -0.05) is 0 Å². The number of likely N-dealkylation sites (tertiary alicyclic amines) is 1. The second kappa shape index (κ2) is 5.74. The maximum Gasteiger partial charge on any atom is 0.326 e. The molecule has 1 N–H and O–H groups in total. The molecule has 1 saturated heterocycles. The van der Waals surface area contributed by atoms with Crippen LogP contribution < -0.4 is 0 Å². The first-order chi connectivity index (χ1) is 9.54. The van der Waals surface area contributed by atoms with Crippen molar-refractivity contribution < 1.29 is 19.1 Å². The van der Waals surface area contributed by atoms with Crippen molar-refractivity contribution in [2.45, 2.75) is 25.3 Å².